The fourth-order valence-corrected chi connectivity index (χ4v) is 21.4. The number of aromatic nitrogens is 2. The molecule has 0 spiro atoms. The number of benzene rings is 1. The van der Waals surface area contributed by atoms with E-state index in [-0.39, 0.29) is 5.91 Å². The molecule has 1 aromatic carbocycles. The van der Waals surface area contributed by atoms with Crippen molar-refractivity contribution in [3.05, 3.63) is 70.2 Å². The Labute approximate surface area is 216 Å². The van der Waals surface area contributed by atoms with E-state index < -0.39 is 18.4 Å². The van der Waals surface area contributed by atoms with Crippen LogP contribution < -0.4 is 5.32 Å². The average molecular weight is 580 g/mol. The van der Waals surface area contributed by atoms with Gasteiger partial charge in [-0.3, -0.25) is 0 Å². The third kappa shape index (κ3) is 6.99. The van der Waals surface area contributed by atoms with E-state index in [0.717, 1.165) is 22.6 Å². The van der Waals surface area contributed by atoms with Crippen molar-refractivity contribution in [1.82, 2.24) is 14.7 Å². The second kappa shape index (κ2) is 13.9. The number of imidazole rings is 1. The summed E-state index contributed by atoms with van der Waals surface area (Å²) in [5.41, 5.74) is 3.78. The molecule has 0 unspecified atom stereocenters. The van der Waals surface area contributed by atoms with Crippen molar-refractivity contribution >= 4 is 29.9 Å². The van der Waals surface area contributed by atoms with Crippen LogP contribution in [0.2, 0.25) is 13.3 Å². The van der Waals surface area contributed by atoms with E-state index in [2.05, 4.69) is 55.6 Å². The standard InChI is InChI=1S/C18H16N3O.3C4H9.Sn/c1-2-11-19-17(22)13-15-18(14-8-4-3-5-9-14)20-16-10-6-7-12-21(15)16;3*1-3-4-2;/h2-10,12H,13H2,1H3,(H,19,22);3*1,3-4H2,2H3;. The number of fused-ring (bicyclic) bond motifs is 1. The van der Waals surface area contributed by atoms with Crippen molar-refractivity contribution in [3.63, 3.8) is 0 Å². The second-order valence-corrected chi connectivity index (χ2v) is 22.8. The van der Waals surface area contributed by atoms with Gasteiger partial charge in [-0.15, -0.1) is 0 Å². The summed E-state index contributed by atoms with van der Waals surface area (Å²) < 4.78 is 7.43. The molecule has 3 rings (SSSR count). The van der Waals surface area contributed by atoms with E-state index in [1.807, 2.05) is 42.6 Å². The molecule has 188 valence electrons. The second-order valence-electron chi connectivity index (χ2n) is 9.72. The zero-order valence-corrected chi connectivity index (χ0v) is 25.0. The van der Waals surface area contributed by atoms with Crippen LogP contribution in [0, 0.1) is 0 Å². The number of pyridine rings is 1. The summed E-state index contributed by atoms with van der Waals surface area (Å²) in [5.74, 6) is 0.0894. The number of nitrogens with one attached hydrogen (secondary N) is 1. The molecular weight excluding hydrogens is 537 g/mol. The number of allylic oxidation sites excluding steroid dienone is 1. The van der Waals surface area contributed by atoms with Crippen molar-refractivity contribution in [2.24, 2.45) is 0 Å². The Kier molecular flexibility index (Phi) is 10.9. The zero-order valence-electron chi connectivity index (χ0n) is 22.1. The predicted molar refractivity (Wildman–Crippen MR) is 151 cm³/mol. The molecule has 5 heteroatoms. The minimum absolute atomic E-state index is 0.0894. The molecule has 0 atom stereocenters. The number of hydrogen-bond acceptors (Lipinski definition) is 2. The van der Waals surface area contributed by atoms with Gasteiger partial charge in [-0.05, 0) is 0 Å². The molecule has 0 aliphatic carbocycles. The first-order valence-electron chi connectivity index (χ1n) is 13.6. The molecule has 2 aromatic heterocycles. The number of hydrogen-bond donors (Lipinski definition) is 1. The van der Waals surface area contributed by atoms with Crippen molar-refractivity contribution < 1.29 is 4.79 Å². The summed E-state index contributed by atoms with van der Waals surface area (Å²) in [4.78, 5) is 18.5. The van der Waals surface area contributed by atoms with E-state index in [4.69, 9.17) is 4.98 Å². The maximum atomic E-state index is 13.6. The summed E-state index contributed by atoms with van der Waals surface area (Å²) in [6.07, 6.45) is 12.1. The van der Waals surface area contributed by atoms with Gasteiger partial charge in [-0.2, -0.15) is 0 Å². The van der Waals surface area contributed by atoms with E-state index in [1.54, 1.807) is 0 Å². The van der Waals surface area contributed by atoms with E-state index in [0.29, 0.717) is 6.42 Å². The fraction of sp³-hybridized carbons (Fsp3) is 0.467. The van der Waals surface area contributed by atoms with E-state index >= 15 is 0 Å². The van der Waals surface area contributed by atoms with Gasteiger partial charge in [0.1, 0.15) is 0 Å². The number of amides is 1. The van der Waals surface area contributed by atoms with Gasteiger partial charge in [0.05, 0.1) is 0 Å². The number of nitrogens with zero attached hydrogens (tertiary/aromatic N) is 2. The molecule has 0 aliphatic heterocycles. The third-order valence-corrected chi connectivity index (χ3v) is 22.8. The van der Waals surface area contributed by atoms with E-state index in [9.17, 15) is 4.79 Å². The molecule has 4 nitrogen and oxygen atoms in total. The topological polar surface area (TPSA) is 46.4 Å². The molecule has 0 bridgehead atoms. The number of carbonyl (C=O) groups is 1. The molecular formula is C30H43N3OSn. The molecule has 3 aromatic rings. The Morgan fingerprint density at radius 1 is 0.914 bits per heavy atom. The molecule has 0 aliphatic rings. The Hall–Kier alpha value is -2.08. The molecule has 1 N–H and O–H groups in total. The summed E-state index contributed by atoms with van der Waals surface area (Å²) in [6, 6.07) is 16.2. The fourth-order valence-electron chi connectivity index (χ4n) is 5.22. The molecule has 1 amide bonds. The third-order valence-electron chi connectivity index (χ3n) is 7.16. The Morgan fingerprint density at radius 2 is 1.51 bits per heavy atom. The summed E-state index contributed by atoms with van der Waals surface area (Å²) in [5, 5.41) is 3.49. The summed E-state index contributed by atoms with van der Waals surface area (Å²) in [6.45, 7) is 9.01. The first-order chi connectivity index (χ1) is 17.1. The van der Waals surface area contributed by atoms with Crippen LogP contribution in [0.1, 0.15) is 71.9 Å². The van der Waals surface area contributed by atoms with Crippen molar-refractivity contribution in [2.75, 3.05) is 0 Å². The Morgan fingerprint density at radius 3 is 2.09 bits per heavy atom. The van der Waals surface area contributed by atoms with Gasteiger partial charge >= 0.3 is 217 Å². The first kappa shape index (κ1) is 27.5. The van der Waals surface area contributed by atoms with Crippen LogP contribution in [0.3, 0.4) is 0 Å². The van der Waals surface area contributed by atoms with Gasteiger partial charge in [0.15, 0.2) is 0 Å². The molecule has 2 heterocycles. The van der Waals surface area contributed by atoms with Gasteiger partial charge in [0.2, 0.25) is 0 Å². The Balaban J connectivity index is 1.91. The minimum atomic E-state index is -2.71. The first-order valence-corrected chi connectivity index (χ1v) is 21.0. The number of carbonyl (C=O) groups excluding carboxylic acids is 1. The van der Waals surface area contributed by atoms with Crippen molar-refractivity contribution in [3.8, 4) is 11.3 Å². The average Bonchev–Trinajstić information content (AvgIpc) is 3.26. The molecule has 35 heavy (non-hydrogen) atoms. The van der Waals surface area contributed by atoms with Crippen molar-refractivity contribution in [2.45, 2.75) is 86.0 Å². The molecule has 0 saturated carbocycles. The zero-order chi connectivity index (χ0) is 25.1. The predicted octanol–water partition coefficient (Wildman–Crippen LogP) is 7.95. The van der Waals surface area contributed by atoms with E-state index in [1.165, 1.54) is 55.5 Å². The van der Waals surface area contributed by atoms with Crippen LogP contribution in [0.15, 0.2) is 64.5 Å². The van der Waals surface area contributed by atoms with Gasteiger partial charge in [0, 0.05) is 0 Å². The monoisotopic (exact) mass is 581 g/mol. The quantitative estimate of drug-likeness (QED) is 0.197. The number of unbranched alkanes of at least 4 members (excludes halogenated alkanes) is 3. The van der Waals surface area contributed by atoms with Gasteiger partial charge in [-0.25, -0.2) is 0 Å². The van der Waals surface area contributed by atoms with Gasteiger partial charge in [0.25, 0.3) is 0 Å². The SMILES string of the molecule is C/C=[C](\NC(=O)Cc1c(-c2ccccc2)nc2ccccn12)[Sn]([CH2]CCC)([CH2]CCC)[CH2]CCC. The molecule has 0 saturated heterocycles. The summed E-state index contributed by atoms with van der Waals surface area (Å²) >= 11 is -2.71. The summed E-state index contributed by atoms with van der Waals surface area (Å²) in [7, 11) is 0. The van der Waals surface area contributed by atoms with Crippen LogP contribution in [0.4, 0.5) is 0 Å². The normalized spacial score (nSPS) is 12.3. The molecule has 0 fully saturated rings. The molecule has 0 radical (unpaired) electrons. The van der Waals surface area contributed by atoms with Gasteiger partial charge in [-0.1, -0.05) is 0 Å². The van der Waals surface area contributed by atoms with Crippen LogP contribution in [0.5, 0.6) is 0 Å². The maximum absolute atomic E-state index is 13.6. The van der Waals surface area contributed by atoms with Crippen LogP contribution in [-0.4, -0.2) is 33.7 Å². The van der Waals surface area contributed by atoms with Crippen molar-refractivity contribution in [1.29, 1.82) is 0 Å². The van der Waals surface area contributed by atoms with Gasteiger partial charge < -0.3 is 0 Å². The van der Waals surface area contributed by atoms with Crippen LogP contribution >= 0.6 is 0 Å². The number of rotatable bonds is 14. The van der Waals surface area contributed by atoms with Crippen LogP contribution in [0.25, 0.3) is 16.9 Å². The van der Waals surface area contributed by atoms with Crippen LogP contribution in [-0.2, 0) is 11.2 Å². The Bertz CT molecular complexity index is 1080.